The van der Waals surface area contributed by atoms with E-state index in [0.717, 1.165) is 6.42 Å². The van der Waals surface area contributed by atoms with Crippen LogP contribution in [0.4, 0.5) is 0 Å². The number of rotatable bonds is 4. The molecular weight excluding hydrogens is 340 g/mol. The van der Waals surface area contributed by atoms with Gasteiger partial charge < -0.3 is 9.64 Å². The highest BCUT2D eigenvalue weighted by Crippen LogP contribution is 2.22. The average Bonchev–Trinajstić information content (AvgIpc) is 2.67. The lowest BCUT2D eigenvalue weighted by atomic mass is 10.00. The number of pyridine rings is 1. The lowest BCUT2D eigenvalue weighted by molar-refractivity contribution is -0.134. The molecule has 1 aliphatic heterocycles. The number of hydrogen-bond acceptors (Lipinski definition) is 4. The van der Waals surface area contributed by atoms with Gasteiger partial charge in [-0.3, -0.25) is 4.79 Å². The molecule has 0 radical (unpaired) electrons. The van der Waals surface area contributed by atoms with Crippen LogP contribution in [0.15, 0.2) is 54.7 Å². The third-order valence-electron chi connectivity index (χ3n) is 4.00. The predicted octanol–water partition coefficient (Wildman–Crippen LogP) is 3.21. The van der Waals surface area contributed by atoms with E-state index in [0.29, 0.717) is 18.2 Å². The first-order chi connectivity index (χ1) is 12.1. The Morgan fingerprint density at radius 1 is 1.16 bits per heavy atom. The number of halogens is 1. The van der Waals surface area contributed by atoms with E-state index < -0.39 is 5.97 Å². The van der Waals surface area contributed by atoms with Gasteiger partial charge >= 0.3 is 5.97 Å². The van der Waals surface area contributed by atoms with E-state index in [-0.39, 0.29) is 18.1 Å². The zero-order valence-electron chi connectivity index (χ0n) is 13.5. The number of amides is 1. The predicted molar refractivity (Wildman–Crippen MR) is 95.1 cm³/mol. The van der Waals surface area contributed by atoms with E-state index in [1.54, 1.807) is 4.90 Å². The molecule has 128 valence electrons. The van der Waals surface area contributed by atoms with Crippen LogP contribution < -0.4 is 0 Å². The molecule has 2 aromatic rings. The summed E-state index contributed by atoms with van der Waals surface area (Å²) >= 11 is 5.67. The monoisotopic (exact) mass is 356 g/mol. The molecule has 5 nitrogen and oxygen atoms in total. The van der Waals surface area contributed by atoms with Crippen molar-refractivity contribution in [1.82, 2.24) is 9.88 Å². The van der Waals surface area contributed by atoms with E-state index in [2.05, 4.69) is 17.1 Å². The number of nitrogens with zero attached hydrogens (tertiary/aromatic N) is 2. The summed E-state index contributed by atoms with van der Waals surface area (Å²) in [6.07, 6.45) is 4.15. The molecule has 3 rings (SSSR count). The van der Waals surface area contributed by atoms with Gasteiger partial charge in [-0.15, -0.1) is 0 Å². The summed E-state index contributed by atoms with van der Waals surface area (Å²) in [5.74, 6) is -0.798. The molecule has 0 spiro atoms. The topological polar surface area (TPSA) is 59.5 Å². The van der Waals surface area contributed by atoms with Crippen LogP contribution in [-0.4, -0.2) is 41.5 Å². The van der Waals surface area contributed by atoms with Gasteiger partial charge in [0.05, 0.1) is 5.56 Å². The zero-order chi connectivity index (χ0) is 17.6. The average molecular weight is 357 g/mol. The minimum atomic E-state index is -0.588. The maximum atomic E-state index is 12.2. The SMILES string of the molecule is O=C(OCC(=O)N1CC=C(c2ccccc2)CC1)c1ccc(Cl)nc1. The summed E-state index contributed by atoms with van der Waals surface area (Å²) in [5.41, 5.74) is 2.67. The van der Waals surface area contributed by atoms with Crippen LogP contribution in [0, 0.1) is 0 Å². The van der Waals surface area contributed by atoms with Gasteiger partial charge in [-0.25, -0.2) is 9.78 Å². The van der Waals surface area contributed by atoms with Crippen molar-refractivity contribution < 1.29 is 14.3 Å². The molecule has 1 amide bonds. The largest absolute Gasteiger partial charge is 0.452 e. The molecule has 0 N–H and O–H groups in total. The summed E-state index contributed by atoms with van der Waals surface area (Å²) in [5, 5.41) is 0.293. The van der Waals surface area contributed by atoms with Crippen molar-refractivity contribution in [3.63, 3.8) is 0 Å². The second-order valence-electron chi connectivity index (χ2n) is 5.63. The maximum Gasteiger partial charge on any atom is 0.340 e. The van der Waals surface area contributed by atoms with E-state index >= 15 is 0 Å². The van der Waals surface area contributed by atoms with E-state index in [4.69, 9.17) is 16.3 Å². The van der Waals surface area contributed by atoms with Gasteiger partial charge in [0.2, 0.25) is 0 Å². The number of carbonyl (C=O) groups is 2. The summed E-state index contributed by atoms with van der Waals surface area (Å²) < 4.78 is 5.06. The molecule has 1 aliphatic rings. The van der Waals surface area contributed by atoms with Crippen LogP contribution in [0.25, 0.3) is 5.57 Å². The van der Waals surface area contributed by atoms with E-state index in [1.165, 1.54) is 29.5 Å². The molecule has 25 heavy (non-hydrogen) atoms. The summed E-state index contributed by atoms with van der Waals surface area (Å²) in [7, 11) is 0. The van der Waals surface area contributed by atoms with Crippen LogP contribution in [0.2, 0.25) is 5.15 Å². The van der Waals surface area contributed by atoms with Crippen LogP contribution in [0.5, 0.6) is 0 Å². The van der Waals surface area contributed by atoms with Crippen LogP contribution >= 0.6 is 11.6 Å². The molecule has 0 saturated carbocycles. The fraction of sp³-hybridized carbons (Fsp3) is 0.211. The minimum absolute atomic E-state index is 0.210. The molecule has 1 aromatic heterocycles. The molecular formula is C19H17ClN2O3. The quantitative estimate of drug-likeness (QED) is 0.623. The molecule has 1 aromatic carbocycles. The minimum Gasteiger partial charge on any atom is -0.452 e. The lowest BCUT2D eigenvalue weighted by Gasteiger charge is -2.26. The normalized spacial score (nSPS) is 14.0. The first-order valence-electron chi connectivity index (χ1n) is 7.94. The Bertz CT molecular complexity index is 788. The van der Waals surface area contributed by atoms with Gasteiger partial charge in [-0.05, 0) is 29.7 Å². The molecule has 0 aliphatic carbocycles. The van der Waals surface area contributed by atoms with Crippen molar-refractivity contribution in [3.8, 4) is 0 Å². The van der Waals surface area contributed by atoms with Gasteiger partial charge in [0, 0.05) is 19.3 Å². The van der Waals surface area contributed by atoms with Crippen LogP contribution in [-0.2, 0) is 9.53 Å². The van der Waals surface area contributed by atoms with Gasteiger partial charge in [-0.1, -0.05) is 48.0 Å². The number of carbonyl (C=O) groups excluding carboxylic acids is 2. The third kappa shape index (κ3) is 4.45. The first kappa shape index (κ1) is 17.2. The van der Waals surface area contributed by atoms with E-state index in [9.17, 15) is 9.59 Å². The van der Waals surface area contributed by atoms with Gasteiger partial charge in [0.15, 0.2) is 6.61 Å². The van der Waals surface area contributed by atoms with Crippen molar-refractivity contribution in [2.45, 2.75) is 6.42 Å². The molecule has 2 heterocycles. The number of aromatic nitrogens is 1. The van der Waals surface area contributed by atoms with Crippen molar-refractivity contribution in [2.24, 2.45) is 0 Å². The second kappa shape index (κ2) is 7.94. The van der Waals surface area contributed by atoms with Gasteiger partial charge in [0.25, 0.3) is 5.91 Å². The van der Waals surface area contributed by atoms with E-state index in [1.807, 2.05) is 24.3 Å². The highest BCUT2D eigenvalue weighted by molar-refractivity contribution is 6.29. The first-order valence-corrected chi connectivity index (χ1v) is 8.32. The summed E-state index contributed by atoms with van der Waals surface area (Å²) in [6.45, 7) is 0.846. The standard InChI is InChI=1S/C19H17ClN2O3/c20-17-7-6-16(12-21-17)19(24)25-13-18(23)22-10-8-15(9-11-22)14-4-2-1-3-5-14/h1-8,12H,9-11,13H2. The Balaban J connectivity index is 1.52. The Kier molecular flexibility index (Phi) is 5.46. The zero-order valence-corrected chi connectivity index (χ0v) is 14.3. The molecule has 0 saturated heterocycles. The highest BCUT2D eigenvalue weighted by atomic mass is 35.5. The third-order valence-corrected chi connectivity index (χ3v) is 4.22. The second-order valence-corrected chi connectivity index (χ2v) is 6.02. The Hall–Kier alpha value is -2.66. The number of ether oxygens (including phenoxy) is 1. The van der Waals surface area contributed by atoms with Gasteiger partial charge in [-0.2, -0.15) is 0 Å². The number of esters is 1. The summed E-state index contributed by atoms with van der Waals surface area (Å²) in [6, 6.07) is 13.1. The molecule has 0 bridgehead atoms. The highest BCUT2D eigenvalue weighted by Gasteiger charge is 2.19. The van der Waals surface area contributed by atoms with Crippen molar-refractivity contribution in [3.05, 3.63) is 71.0 Å². The van der Waals surface area contributed by atoms with Crippen molar-refractivity contribution in [1.29, 1.82) is 0 Å². The summed E-state index contributed by atoms with van der Waals surface area (Å²) in [4.78, 5) is 29.6. The lowest BCUT2D eigenvalue weighted by Crippen LogP contribution is -2.37. The maximum absolute atomic E-state index is 12.2. The van der Waals surface area contributed by atoms with Crippen LogP contribution in [0.1, 0.15) is 22.3 Å². The fourth-order valence-electron chi connectivity index (χ4n) is 2.61. The number of benzene rings is 1. The molecule has 6 heteroatoms. The van der Waals surface area contributed by atoms with Crippen molar-refractivity contribution >= 4 is 29.1 Å². The molecule has 0 fully saturated rings. The number of hydrogen-bond donors (Lipinski definition) is 0. The Morgan fingerprint density at radius 3 is 2.60 bits per heavy atom. The van der Waals surface area contributed by atoms with Gasteiger partial charge in [0.1, 0.15) is 5.15 Å². The van der Waals surface area contributed by atoms with Crippen LogP contribution in [0.3, 0.4) is 0 Å². The molecule has 0 unspecified atom stereocenters. The Labute approximate surface area is 150 Å². The fourth-order valence-corrected chi connectivity index (χ4v) is 2.72. The molecule has 0 atom stereocenters. The smallest absolute Gasteiger partial charge is 0.340 e. The van der Waals surface area contributed by atoms with Crippen molar-refractivity contribution in [2.75, 3.05) is 19.7 Å². The Morgan fingerprint density at radius 2 is 1.96 bits per heavy atom.